The lowest BCUT2D eigenvalue weighted by Crippen LogP contribution is -2.50. The number of rotatable bonds is 4. The Hall–Kier alpha value is -2.23. The van der Waals surface area contributed by atoms with Gasteiger partial charge in [-0.3, -0.25) is 0 Å². The van der Waals surface area contributed by atoms with Crippen LogP contribution >= 0.6 is 11.6 Å². The summed E-state index contributed by atoms with van der Waals surface area (Å²) in [5.41, 5.74) is 1.40. The van der Waals surface area contributed by atoms with E-state index in [4.69, 9.17) is 16.3 Å². The molecule has 2 aliphatic rings. The molecule has 1 unspecified atom stereocenters. The Bertz CT molecular complexity index is 1100. The van der Waals surface area contributed by atoms with Crippen LogP contribution in [-0.2, 0) is 20.5 Å². The van der Waals surface area contributed by atoms with Crippen molar-refractivity contribution in [1.29, 1.82) is 0 Å². The minimum atomic E-state index is -4.01. The lowest BCUT2D eigenvalue weighted by Gasteiger charge is -2.45. The van der Waals surface area contributed by atoms with Crippen LogP contribution in [0, 0.1) is 0 Å². The first-order chi connectivity index (χ1) is 13.8. The van der Waals surface area contributed by atoms with Crippen molar-refractivity contribution in [2.75, 3.05) is 26.3 Å². The number of hydrogen-bond acceptors (Lipinski definition) is 6. The maximum atomic E-state index is 12.9. The molecule has 7 nitrogen and oxygen atoms in total. The van der Waals surface area contributed by atoms with Gasteiger partial charge in [0.25, 0.3) is 10.0 Å². The third-order valence-corrected chi connectivity index (χ3v) is 6.46. The van der Waals surface area contributed by atoms with Crippen molar-refractivity contribution in [3.8, 4) is 0 Å². The molecule has 2 aromatic rings. The summed E-state index contributed by atoms with van der Waals surface area (Å²) in [5.74, 6) is -1.73. The predicted molar refractivity (Wildman–Crippen MR) is 108 cm³/mol. The van der Waals surface area contributed by atoms with Gasteiger partial charge in [0, 0.05) is 29.2 Å². The Morgan fingerprint density at radius 1 is 1.17 bits per heavy atom. The number of sulfonamides is 1. The summed E-state index contributed by atoms with van der Waals surface area (Å²) in [7, 11) is -4.01. The van der Waals surface area contributed by atoms with Crippen LogP contribution in [0.1, 0.15) is 11.1 Å². The Balaban J connectivity index is 1.88. The fourth-order valence-electron chi connectivity index (χ4n) is 3.54. The van der Waals surface area contributed by atoms with Crippen LogP contribution in [0.15, 0.2) is 69.6 Å². The number of fused-ring (bicyclic) bond motifs is 3. The molecule has 0 saturated carbocycles. The average Bonchev–Trinajstić information content (AvgIpc) is 2.70. The quantitative estimate of drug-likeness (QED) is 0.762. The molecule has 1 saturated heterocycles. The topological polar surface area (TPSA) is 99.4 Å². The van der Waals surface area contributed by atoms with Crippen LogP contribution in [-0.4, -0.2) is 55.5 Å². The maximum absolute atomic E-state index is 12.9. The highest BCUT2D eigenvalue weighted by molar-refractivity contribution is 7.90. The maximum Gasteiger partial charge on any atom is 0.282 e. The normalized spacial score (nSPS) is 22.8. The number of β-amino-alcohol motifs (C(OH)–C–C–N with tert-alkyl or cyclic N) is 1. The molecule has 9 heteroatoms. The van der Waals surface area contributed by atoms with Gasteiger partial charge in [0.05, 0.1) is 29.5 Å². The Kier molecular flexibility index (Phi) is 5.22. The van der Waals surface area contributed by atoms with Gasteiger partial charge in [0.2, 0.25) is 5.79 Å². The van der Waals surface area contributed by atoms with Crippen molar-refractivity contribution in [2.24, 2.45) is 4.40 Å². The molecule has 0 bridgehead atoms. The van der Waals surface area contributed by atoms with Crippen LogP contribution in [0.3, 0.4) is 0 Å². The predicted octanol–water partition coefficient (Wildman–Crippen LogP) is 1.89. The van der Waals surface area contributed by atoms with E-state index in [-0.39, 0.29) is 30.4 Å². The molecule has 1 aliphatic carbocycles. The Morgan fingerprint density at radius 3 is 2.62 bits per heavy atom. The SMILES string of the molecule is O=S(=O)(/N=C1/C=C2N(CCO)CCOC2(O)c2ccccc21)c1ccc(Cl)cc1. The molecule has 152 valence electrons. The van der Waals surface area contributed by atoms with E-state index >= 15 is 0 Å². The molecular weight excluding hydrogens is 416 g/mol. The van der Waals surface area contributed by atoms with Gasteiger partial charge in [-0.25, -0.2) is 0 Å². The van der Waals surface area contributed by atoms with E-state index in [1.165, 1.54) is 30.3 Å². The number of morpholine rings is 1. The van der Waals surface area contributed by atoms with Gasteiger partial charge in [-0.15, -0.1) is 0 Å². The Labute approximate surface area is 173 Å². The second-order valence-electron chi connectivity index (χ2n) is 6.68. The molecule has 0 radical (unpaired) electrons. The molecule has 2 N–H and O–H groups in total. The number of allylic oxidation sites excluding steroid dienone is 1. The van der Waals surface area contributed by atoms with Gasteiger partial charge >= 0.3 is 0 Å². The van der Waals surface area contributed by atoms with Crippen LogP contribution < -0.4 is 0 Å². The van der Waals surface area contributed by atoms with Gasteiger partial charge in [0.1, 0.15) is 0 Å². The van der Waals surface area contributed by atoms with Crippen LogP contribution in [0.5, 0.6) is 0 Å². The number of ether oxygens (including phenoxy) is 1. The van der Waals surface area contributed by atoms with Crippen molar-refractivity contribution in [2.45, 2.75) is 10.7 Å². The van der Waals surface area contributed by atoms with E-state index in [2.05, 4.69) is 4.40 Å². The second-order valence-corrected chi connectivity index (χ2v) is 8.72. The van der Waals surface area contributed by atoms with E-state index in [1.807, 2.05) is 0 Å². The number of aliphatic hydroxyl groups is 2. The zero-order chi connectivity index (χ0) is 20.6. The zero-order valence-corrected chi connectivity index (χ0v) is 16.9. The fraction of sp³-hybridized carbons (Fsp3) is 0.250. The number of hydrogen-bond donors (Lipinski definition) is 2. The highest BCUT2D eigenvalue weighted by Crippen LogP contribution is 2.41. The highest BCUT2D eigenvalue weighted by atomic mass is 35.5. The number of halogens is 1. The molecule has 1 fully saturated rings. The third-order valence-electron chi connectivity index (χ3n) is 4.90. The zero-order valence-electron chi connectivity index (χ0n) is 15.3. The highest BCUT2D eigenvalue weighted by Gasteiger charge is 2.46. The number of nitrogens with zero attached hydrogens (tertiary/aromatic N) is 2. The molecule has 1 aliphatic heterocycles. The minimum absolute atomic E-state index is 0.0122. The third kappa shape index (κ3) is 3.58. The fourth-order valence-corrected chi connectivity index (χ4v) is 4.66. The first-order valence-corrected chi connectivity index (χ1v) is 10.8. The molecule has 0 aromatic heterocycles. The van der Waals surface area contributed by atoms with Crippen LogP contribution in [0.4, 0.5) is 0 Å². The van der Waals surface area contributed by atoms with Crippen molar-refractivity contribution < 1.29 is 23.4 Å². The first kappa shape index (κ1) is 20.1. The molecule has 29 heavy (non-hydrogen) atoms. The average molecular weight is 435 g/mol. The molecule has 1 heterocycles. The van der Waals surface area contributed by atoms with Gasteiger partial charge < -0.3 is 19.8 Å². The van der Waals surface area contributed by atoms with Crippen molar-refractivity contribution >= 4 is 27.3 Å². The smallest absolute Gasteiger partial charge is 0.282 e. The molecule has 4 rings (SSSR count). The van der Waals surface area contributed by atoms with E-state index < -0.39 is 15.8 Å². The molecule has 2 aromatic carbocycles. The summed E-state index contributed by atoms with van der Waals surface area (Å²) in [5, 5.41) is 21.1. The summed E-state index contributed by atoms with van der Waals surface area (Å²) in [6.07, 6.45) is 1.50. The summed E-state index contributed by atoms with van der Waals surface area (Å²) in [6.45, 7) is 0.868. The number of benzene rings is 2. The summed E-state index contributed by atoms with van der Waals surface area (Å²) < 4.78 is 35.5. The second kappa shape index (κ2) is 7.55. The molecule has 0 spiro atoms. The van der Waals surface area contributed by atoms with Crippen molar-refractivity contribution in [1.82, 2.24) is 4.90 Å². The molecule has 1 atom stereocenters. The molecular formula is C20H19ClN2O5S. The first-order valence-electron chi connectivity index (χ1n) is 9.00. The van der Waals surface area contributed by atoms with Gasteiger partial charge in [-0.05, 0) is 30.3 Å². The van der Waals surface area contributed by atoms with Gasteiger partial charge in [-0.2, -0.15) is 12.8 Å². The van der Waals surface area contributed by atoms with Crippen LogP contribution in [0.25, 0.3) is 0 Å². The van der Waals surface area contributed by atoms with Crippen LogP contribution in [0.2, 0.25) is 5.02 Å². The van der Waals surface area contributed by atoms with Gasteiger partial charge in [0.15, 0.2) is 0 Å². The lowest BCUT2D eigenvalue weighted by molar-refractivity contribution is -0.219. The summed E-state index contributed by atoms with van der Waals surface area (Å²) >= 11 is 5.85. The van der Waals surface area contributed by atoms with Crippen molar-refractivity contribution in [3.63, 3.8) is 0 Å². The number of aliphatic hydroxyl groups excluding tert-OH is 1. The standard InChI is InChI=1S/C20H19ClN2O5S/c21-14-5-7-15(8-6-14)29(26,27)22-18-13-19-20(25,17-4-2-1-3-16(17)18)28-12-10-23(19)9-11-24/h1-8,13,24-25H,9-12H2/b22-18-. The van der Waals surface area contributed by atoms with E-state index in [9.17, 15) is 18.6 Å². The van der Waals surface area contributed by atoms with E-state index in [0.29, 0.717) is 28.4 Å². The monoisotopic (exact) mass is 434 g/mol. The van der Waals surface area contributed by atoms with Crippen molar-refractivity contribution in [3.05, 3.63) is 76.5 Å². The van der Waals surface area contributed by atoms with Gasteiger partial charge in [-0.1, -0.05) is 35.9 Å². The summed E-state index contributed by atoms with van der Waals surface area (Å²) in [4.78, 5) is 1.78. The van der Waals surface area contributed by atoms with E-state index in [0.717, 1.165) is 0 Å². The summed E-state index contributed by atoms with van der Waals surface area (Å²) in [6, 6.07) is 12.6. The van der Waals surface area contributed by atoms with E-state index in [1.54, 1.807) is 29.2 Å². The molecule has 0 amide bonds. The largest absolute Gasteiger partial charge is 0.395 e. The minimum Gasteiger partial charge on any atom is -0.395 e. The lowest BCUT2D eigenvalue weighted by atomic mass is 9.86. The Morgan fingerprint density at radius 2 is 1.90 bits per heavy atom.